The van der Waals surface area contributed by atoms with Crippen molar-refractivity contribution in [2.24, 2.45) is 0 Å². The van der Waals surface area contributed by atoms with Gasteiger partial charge in [-0.2, -0.15) is 0 Å². The minimum atomic E-state index is -0.760. The summed E-state index contributed by atoms with van der Waals surface area (Å²) in [5.41, 5.74) is 8.03. The average molecular weight is 383 g/mol. The molecule has 0 spiro atoms. The first-order valence-electron chi connectivity index (χ1n) is 9.14. The van der Waals surface area contributed by atoms with Crippen molar-refractivity contribution in [3.8, 4) is 11.4 Å². The monoisotopic (exact) mass is 383 g/mol. The Kier molecular flexibility index (Phi) is 3.88. The first-order valence-corrected chi connectivity index (χ1v) is 9.14. The number of ether oxygens (including phenoxy) is 3. The average Bonchev–Trinajstić information content (AvgIpc) is 3.33. The number of rotatable bonds is 3. The number of nitrogen functional groups attached to an aromatic ring is 1. The predicted octanol–water partition coefficient (Wildman–Crippen LogP) is 1.49. The van der Waals surface area contributed by atoms with E-state index in [-0.39, 0.29) is 12.7 Å². The highest BCUT2D eigenvalue weighted by molar-refractivity contribution is 5.83. The fourth-order valence-corrected chi connectivity index (χ4v) is 3.87. The van der Waals surface area contributed by atoms with E-state index in [1.54, 1.807) is 10.9 Å². The van der Waals surface area contributed by atoms with Gasteiger partial charge in [-0.1, -0.05) is 30.3 Å². The van der Waals surface area contributed by atoms with Crippen molar-refractivity contribution >= 4 is 17.0 Å². The van der Waals surface area contributed by atoms with Crippen LogP contribution in [0.2, 0.25) is 0 Å². The molecule has 5 rings (SSSR count). The number of fused-ring (bicyclic) bond motifs is 2. The number of hydrogen-bond acceptors (Lipinski definition) is 8. The van der Waals surface area contributed by atoms with E-state index in [2.05, 4.69) is 15.0 Å². The van der Waals surface area contributed by atoms with Crippen LogP contribution in [0.1, 0.15) is 20.1 Å². The minimum Gasteiger partial charge on any atom is -0.394 e. The molecule has 0 bridgehead atoms. The molecule has 2 aliphatic rings. The Morgan fingerprint density at radius 1 is 1.14 bits per heavy atom. The Morgan fingerprint density at radius 3 is 2.64 bits per heavy atom. The van der Waals surface area contributed by atoms with Crippen LogP contribution >= 0.6 is 0 Å². The first kappa shape index (κ1) is 17.5. The summed E-state index contributed by atoms with van der Waals surface area (Å²) in [7, 11) is 0. The number of anilines is 1. The van der Waals surface area contributed by atoms with Crippen LogP contribution in [0.25, 0.3) is 22.6 Å². The number of aliphatic hydroxyl groups is 1. The number of aliphatic hydroxyl groups excluding tert-OH is 1. The number of hydrogen-bond donors (Lipinski definition) is 2. The van der Waals surface area contributed by atoms with Gasteiger partial charge >= 0.3 is 0 Å². The van der Waals surface area contributed by atoms with Crippen LogP contribution in [0.4, 0.5) is 5.82 Å². The molecule has 4 atom stereocenters. The van der Waals surface area contributed by atoms with Gasteiger partial charge in [0.15, 0.2) is 29.3 Å². The van der Waals surface area contributed by atoms with E-state index in [0.717, 1.165) is 5.56 Å². The van der Waals surface area contributed by atoms with Gasteiger partial charge < -0.3 is 25.1 Å². The van der Waals surface area contributed by atoms with E-state index in [4.69, 9.17) is 19.9 Å². The highest BCUT2D eigenvalue weighted by Crippen LogP contribution is 2.43. The molecule has 0 aliphatic carbocycles. The van der Waals surface area contributed by atoms with Crippen molar-refractivity contribution in [3.05, 3.63) is 36.7 Å². The van der Waals surface area contributed by atoms with Gasteiger partial charge in [-0.05, 0) is 13.8 Å². The highest BCUT2D eigenvalue weighted by atomic mass is 16.8. The van der Waals surface area contributed by atoms with E-state index >= 15 is 0 Å². The molecule has 1 aromatic carbocycles. The van der Waals surface area contributed by atoms with Gasteiger partial charge in [0.05, 0.1) is 12.9 Å². The van der Waals surface area contributed by atoms with Crippen LogP contribution in [0.15, 0.2) is 36.7 Å². The third-order valence-electron chi connectivity index (χ3n) is 5.06. The summed E-state index contributed by atoms with van der Waals surface area (Å²) in [6, 6.07) is 9.59. The lowest BCUT2D eigenvalue weighted by Gasteiger charge is -2.24. The maximum absolute atomic E-state index is 9.72. The molecule has 2 saturated heterocycles. The van der Waals surface area contributed by atoms with Gasteiger partial charge in [-0.3, -0.25) is 4.57 Å². The van der Waals surface area contributed by atoms with Crippen LogP contribution in [0, 0.1) is 0 Å². The van der Waals surface area contributed by atoms with Crippen molar-refractivity contribution in [2.45, 2.75) is 44.2 Å². The summed E-state index contributed by atoms with van der Waals surface area (Å²) >= 11 is 0. The van der Waals surface area contributed by atoms with Crippen LogP contribution in [0.5, 0.6) is 0 Å². The quantitative estimate of drug-likeness (QED) is 0.698. The summed E-state index contributed by atoms with van der Waals surface area (Å²) in [6.45, 7) is 3.52. The first-order chi connectivity index (χ1) is 13.5. The van der Waals surface area contributed by atoms with E-state index in [9.17, 15) is 5.11 Å². The zero-order valence-electron chi connectivity index (χ0n) is 15.5. The molecule has 9 heteroatoms. The molecular weight excluding hydrogens is 362 g/mol. The molecule has 3 aromatic rings. The van der Waals surface area contributed by atoms with Gasteiger partial charge in [0, 0.05) is 5.56 Å². The number of nitrogens with zero attached hydrogens (tertiary/aromatic N) is 4. The Hall–Kier alpha value is -2.59. The maximum Gasteiger partial charge on any atom is 0.168 e. The molecule has 9 nitrogen and oxygen atoms in total. The summed E-state index contributed by atoms with van der Waals surface area (Å²) in [4.78, 5) is 13.4. The molecule has 3 N–H and O–H groups in total. The second kappa shape index (κ2) is 6.21. The molecule has 4 heterocycles. The smallest absolute Gasteiger partial charge is 0.168 e. The van der Waals surface area contributed by atoms with Gasteiger partial charge in [0.25, 0.3) is 0 Å². The number of aromatic nitrogens is 4. The van der Waals surface area contributed by atoms with Crippen LogP contribution in [0.3, 0.4) is 0 Å². The third-order valence-corrected chi connectivity index (χ3v) is 5.06. The molecule has 2 aromatic heterocycles. The van der Waals surface area contributed by atoms with Gasteiger partial charge in [-0.15, -0.1) is 0 Å². The van der Waals surface area contributed by atoms with Crippen molar-refractivity contribution in [1.82, 2.24) is 19.5 Å². The molecule has 0 amide bonds. The second-order valence-electron chi connectivity index (χ2n) is 7.43. The molecule has 28 heavy (non-hydrogen) atoms. The molecular formula is C19H21N5O4. The van der Waals surface area contributed by atoms with Crippen molar-refractivity contribution < 1.29 is 19.3 Å². The molecule has 146 valence electrons. The zero-order chi connectivity index (χ0) is 19.5. The number of nitrogens with two attached hydrogens (primary N) is 1. The van der Waals surface area contributed by atoms with Crippen molar-refractivity contribution in [2.75, 3.05) is 12.3 Å². The summed E-state index contributed by atoms with van der Waals surface area (Å²) in [5, 5.41) is 9.72. The van der Waals surface area contributed by atoms with Crippen LogP contribution < -0.4 is 5.73 Å². The van der Waals surface area contributed by atoms with E-state index in [0.29, 0.717) is 22.8 Å². The summed E-state index contributed by atoms with van der Waals surface area (Å²) in [6.07, 6.45) is -0.217. The second-order valence-corrected chi connectivity index (χ2v) is 7.43. The SMILES string of the molecule is CC1(C)O[C@@H]2[C@H](O1)[C@@H](CO)O[C@H]2n1cnc2c(N)nc(-c3ccccc3)nc21. The van der Waals surface area contributed by atoms with Crippen molar-refractivity contribution in [1.29, 1.82) is 0 Å². The molecule has 2 fully saturated rings. The summed E-state index contributed by atoms with van der Waals surface area (Å²) < 4.78 is 19.8. The lowest BCUT2D eigenvalue weighted by atomic mass is 10.1. The number of benzene rings is 1. The fraction of sp³-hybridized carbons (Fsp3) is 0.421. The normalized spacial score (nSPS) is 28.7. The van der Waals surface area contributed by atoms with Gasteiger partial charge in [-0.25, -0.2) is 15.0 Å². The minimum absolute atomic E-state index is 0.171. The third kappa shape index (κ3) is 2.67. The van der Waals surface area contributed by atoms with Crippen molar-refractivity contribution in [3.63, 3.8) is 0 Å². The highest BCUT2D eigenvalue weighted by Gasteiger charge is 2.56. The lowest BCUT2D eigenvalue weighted by molar-refractivity contribution is -0.199. The van der Waals surface area contributed by atoms with Gasteiger partial charge in [0.2, 0.25) is 0 Å². The van der Waals surface area contributed by atoms with E-state index < -0.39 is 24.2 Å². The van der Waals surface area contributed by atoms with E-state index in [1.807, 2.05) is 44.2 Å². The van der Waals surface area contributed by atoms with Crippen LogP contribution in [-0.2, 0) is 14.2 Å². The molecule has 0 unspecified atom stereocenters. The molecule has 2 aliphatic heterocycles. The topological polar surface area (TPSA) is 118 Å². The fourth-order valence-electron chi connectivity index (χ4n) is 3.87. The molecule has 0 radical (unpaired) electrons. The Labute approximate surface area is 161 Å². The Balaban J connectivity index is 1.61. The standard InChI is InChI=1S/C19H21N5O4/c1-19(2)27-13-11(8-25)26-18(14(13)28-19)24-9-21-12-15(20)22-16(23-17(12)24)10-6-4-3-5-7-10/h3-7,9,11,13-14,18,25H,8H2,1-2H3,(H2,20,22,23)/t11-,13-,14-,18-/m1/s1. The maximum atomic E-state index is 9.72. The Bertz CT molecular complexity index is 1020. The Morgan fingerprint density at radius 2 is 1.89 bits per heavy atom. The zero-order valence-corrected chi connectivity index (χ0v) is 15.5. The van der Waals surface area contributed by atoms with Gasteiger partial charge in [0.1, 0.15) is 23.8 Å². The largest absolute Gasteiger partial charge is 0.394 e. The van der Waals surface area contributed by atoms with E-state index in [1.165, 1.54) is 0 Å². The molecule has 0 saturated carbocycles. The number of imidazole rings is 1. The van der Waals surface area contributed by atoms with Crippen LogP contribution in [-0.4, -0.2) is 55.3 Å². The summed E-state index contributed by atoms with van der Waals surface area (Å²) in [5.74, 6) is 0.0361. The predicted molar refractivity (Wildman–Crippen MR) is 100.0 cm³/mol. The lowest BCUT2D eigenvalue weighted by Crippen LogP contribution is -2.31.